The van der Waals surface area contributed by atoms with Crippen molar-refractivity contribution >= 4 is 17.2 Å². The lowest BCUT2D eigenvalue weighted by atomic mass is 9.94. The molecule has 1 aliphatic rings. The summed E-state index contributed by atoms with van der Waals surface area (Å²) in [5, 5.41) is 8.98. The van der Waals surface area contributed by atoms with E-state index in [1.54, 1.807) is 30.3 Å². The molecule has 0 aliphatic carbocycles. The minimum Gasteiger partial charge on any atom is -0.494 e. The monoisotopic (exact) mass is 381 g/mol. The Morgan fingerprint density at radius 3 is 2.75 bits per heavy atom. The fourth-order valence-electron chi connectivity index (χ4n) is 3.49. The Balaban J connectivity index is 1.61. The Labute approximate surface area is 161 Å². The number of benzene rings is 1. The smallest absolute Gasteiger partial charge is 0.272 e. The number of rotatable bonds is 5. The summed E-state index contributed by atoms with van der Waals surface area (Å²) in [6.45, 7) is 4.31. The molecule has 146 valence electrons. The zero-order valence-corrected chi connectivity index (χ0v) is 15.7. The molecule has 0 saturated carbocycles. The molecule has 1 amide bonds. The van der Waals surface area contributed by atoms with Gasteiger partial charge >= 0.3 is 0 Å². The van der Waals surface area contributed by atoms with E-state index in [0.717, 1.165) is 37.4 Å². The highest BCUT2D eigenvalue weighted by Gasteiger charge is 2.21. The summed E-state index contributed by atoms with van der Waals surface area (Å²) in [7, 11) is 0. The number of anilines is 1. The Kier molecular flexibility index (Phi) is 5.12. The highest BCUT2D eigenvalue weighted by atomic mass is 16.5. The minimum absolute atomic E-state index is 0.210. The number of piperidine rings is 1. The van der Waals surface area contributed by atoms with E-state index in [4.69, 9.17) is 4.74 Å². The standard InChI is InChI=1S/C20H23N5O3/c1-2-28-15-5-3-14(4-6-15)23-20(27)16-12-22-25-18(26)11-17(24-19(16)25)13-7-9-21-10-8-13/h3-6,11-13,21-22H,2,7-10H2,1H3,(H,23,27). The van der Waals surface area contributed by atoms with Crippen molar-refractivity contribution in [2.75, 3.05) is 25.0 Å². The van der Waals surface area contributed by atoms with Crippen LogP contribution >= 0.6 is 0 Å². The molecular formula is C20H23N5O3. The number of nitrogens with zero attached hydrogens (tertiary/aromatic N) is 2. The molecule has 1 fully saturated rings. The van der Waals surface area contributed by atoms with Gasteiger partial charge in [0.05, 0.1) is 12.3 Å². The summed E-state index contributed by atoms with van der Waals surface area (Å²) in [4.78, 5) is 29.9. The van der Waals surface area contributed by atoms with Gasteiger partial charge < -0.3 is 15.4 Å². The van der Waals surface area contributed by atoms with Gasteiger partial charge in [-0.3, -0.25) is 14.7 Å². The van der Waals surface area contributed by atoms with Crippen molar-refractivity contribution < 1.29 is 9.53 Å². The number of hydrogen-bond donors (Lipinski definition) is 3. The molecule has 0 spiro atoms. The van der Waals surface area contributed by atoms with E-state index < -0.39 is 0 Å². The van der Waals surface area contributed by atoms with E-state index in [2.05, 4.69) is 20.7 Å². The number of hydrogen-bond acceptors (Lipinski definition) is 5. The van der Waals surface area contributed by atoms with Gasteiger partial charge in [0.2, 0.25) is 0 Å². The van der Waals surface area contributed by atoms with E-state index in [0.29, 0.717) is 23.5 Å². The molecule has 4 rings (SSSR count). The number of amides is 1. The van der Waals surface area contributed by atoms with Gasteiger partial charge in [-0.2, -0.15) is 0 Å². The van der Waals surface area contributed by atoms with Crippen LogP contribution in [0.2, 0.25) is 0 Å². The highest BCUT2D eigenvalue weighted by molar-refractivity contribution is 6.08. The Hall–Kier alpha value is -3.13. The Morgan fingerprint density at radius 1 is 1.29 bits per heavy atom. The predicted molar refractivity (Wildman–Crippen MR) is 106 cm³/mol. The maximum absolute atomic E-state index is 12.8. The summed E-state index contributed by atoms with van der Waals surface area (Å²) in [5.74, 6) is 0.653. The van der Waals surface area contributed by atoms with Crippen molar-refractivity contribution in [2.24, 2.45) is 0 Å². The molecular weight excluding hydrogens is 358 g/mol. The van der Waals surface area contributed by atoms with Crippen LogP contribution < -0.4 is 20.9 Å². The van der Waals surface area contributed by atoms with Gasteiger partial charge in [0, 0.05) is 23.9 Å². The van der Waals surface area contributed by atoms with Gasteiger partial charge in [0.1, 0.15) is 11.3 Å². The maximum atomic E-state index is 12.8. The molecule has 1 aliphatic heterocycles. The van der Waals surface area contributed by atoms with E-state index in [1.165, 1.54) is 10.7 Å². The summed E-state index contributed by atoms with van der Waals surface area (Å²) >= 11 is 0. The SMILES string of the molecule is CCOc1ccc(NC(=O)c2c[nH]n3c(=O)cc(C4CCNCC4)nc23)cc1. The van der Waals surface area contributed by atoms with Crippen LogP contribution in [0.4, 0.5) is 5.69 Å². The van der Waals surface area contributed by atoms with Crippen LogP contribution in [0.3, 0.4) is 0 Å². The van der Waals surface area contributed by atoms with E-state index in [1.807, 2.05) is 6.92 Å². The fourth-order valence-corrected chi connectivity index (χ4v) is 3.49. The predicted octanol–water partition coefficient (Wildman–Crippen LogP) is 2.14. The molecule has 3 aromatic rings. The second kappa shape index (κ2) is 7.85. The van der Waals surface area contributed by atoms with Crippen LogP contribution in [-0.4, -0.2) is 40.2 Å². The lowest BCUT2D eigenvalue weighted by Crippen LogP contribution is -2.28. The molecule has 3 heterocycles. The number of H-pyrrole nitrogens is 1. The molecule has 1 aromatic carbocycles. The molecule has 8 heteroatoms. The lowest BCUT2D eigenvalue weighted by molar-refractivity contribution is 0.102. The molecule has 1 saturated heterocycles. The van der Waals surface area contributed by atoms with Crippen molar-refractivity contribution in [1.29, 1.82) is 0 Å². The first kappa shape index (κ1) is 18.2. The van der Waals surface area contributed by atoms with Gasteiger partial charge in [-0.1, -0.05) is 0 Å². The van der Waals surface area contributed by atoms with Gasteiger partial charge in [0.25, 0.3) is 11.5 Å². The number of nitrogens with one attached hydrogen (secondary N) is 3. The number of aromatic nitrogens is 3. The van der Waals surface area contributed by atoms with Crippen LogP contribution in [0.15, 0.2) is 41.3 Å². The van der Waals surface area contributed by atoms with Crippen molar-refractivity contribution in [2.45, 2.75) is 25.7 Å². The average molecular weight is 381 g/mol. The van der Waals surface area contributed by atoms with Crippen molar-refractivity contribution in [3.63, 3.8) is 0 Å². The molecule has 3 N–H and O–H groups in total. The molecule has 0 unspecified atom stereocenters. The molecule has 28 heavy (non-hydrogen) atoms. The molecule has 0 atom stereocenters. The number of ether oxygens (including phenoxy) is 1. The van der Waals surface area contributed by atoms with Gasteiger partial charge in [-0.05, 0) is 57.1 Å². The summed E-state index contributed by atoms with van der Waals surface area (Å²) in [5.41, 5.74) is 1.87. The number of carbonyl (C=O) groups is 1. The average Bonchev–Trinajstić information content (AvgIpc) is 3.15. The number of aromatic amines is 1. The molecule has 2 aromatic heterocycles. The molecule has 0 radical (unpaired) electrons. The highest BCUT2D eigenvalue weighted by Crippen LogP contribution is 2.23. The van der Waals surface area contributed by atoms with Crippen LogP contribution in [0.25, 0.3) is 5.65 Å². The van der Waals surface area contributed by atoms with Crippen LogP contribution in [0, 0.1) is 0 Å². The topological polar surface area (TPSA) is 101 Å². The van der Waals surface area contributed by atoms with Crippen LogP contribution in [0.1, 0.15) is 41.7 Å². The normalized spacial score (nSPS) is 14.9. The largest absolute Gasteiger partial charge is 0.494 e. The maximum Gasteiger partial charge on any atom is 0.272 e. The summed E-state index contributed by atoms with van der Waals surface area (Å²) < 4.78 is 6.71. The first-order chi connectivity index (χ1) is 13.7. The minimum atomic E-state index is -0.322. The number of fused-ring (bicyclic) bond motifs is 1. The van der Waals surface area contributed by atoms with Crippen molar-refractivity contribution in [3.8, 4) is 5.75 Å². The van der Waals surface area contributed by atoms with Crippen LogP contribution in [0.5, 0.6) is 5.75 Å². The van der Waals surface area contributed by atoms with E-state index in [9.17, 15) is 9.59 Å². The second-order valence-electron chi connectivity index (χ2n) is 6.80. The summed E-state index contributed by atoms with van der Waals surface area (Å²) in [6, 6.07) is 8.71. The van der Waals surface area contributed by atoms with Crippen molar-refractivity contribution in [1.82, 2.24) is 19.9 Å². The first-order valence-electron chi connectivity index (χ1n) is 9.51. The second-order valence-corrected chi connectivity index (χ2v) is 6.80. The zero-order chi connectivity index (χ0) is 19.5. The summed E-state index contributed by atoms with van der Waals surface area (Å²) in [6.07, 6.45) is 3.38. The zero-order valence-electron chi connectivity index (χ0n) is 15.7. The van der Waals surface area contributed by atoms with Gasteiger partial charge in [0.15, 0.2) is 5.65 Å². The van der Waals surface area contributed by atoms with Gasteiger partial charge in [-0.15, -0.1) is 0 Å². The fraction of sp³-hybridized carbons (Fsp3) is 0.350. The third-order valence-corrected chi connectivity index (χ3v) is 4.94. The van der Waals surface area contributed by atoms with Crippen molar-refractivity contribution in [3.05, 3.63) is 58.1 Å². The molecule has 8 nitrogen and oxygen atoms in total. The quantitative estimate of drug-likeness (QED) is 0.629. The van der Waals surface area contributed by atoms with Crippen LogP contribution in [-0.2, 0) is 0 Å². The molecule has 0 bridgehead atoms. The van der Waals surface area contributed by atoms with E-state index in [-0.39, 0.29) is 17.4 Å². The lowest BCUT2D eigenvalue weighted by Gasteiger charge is -2.21. The first-order valence-corrected chi connectivity index (χ1v) is 9.51. The van der Waals surface area contributed by atoms with Gasteiger partial charge in [-0.25, -0.2) is 9.50 Å². The third kappa shape index (κ3) is 3.63. The Morgan fingerprint density at radius 2 is 2.04 bits per heavy atom. The third-order valence-electron chi connectivity index (χ3n) is 4.94. The Bertz CT molecular complexity index is 1030. The number of carbonyl (C=O) groups excluding carboxylic acids is 1. The van der Waals surface area contributed by atoms with E-state index >= 15 is 0 Å².